The lowest BCUT2D eigenvalue weighted by atomic mass is 10.1. The number of nitrogens with one attached hydrogen (secondary N) is 2. The summed E-state index contributed by atoms with van der Waals surface area (Å²) in [4.78, 5) is 35.8. The number of hydrogen-bond acceptors (Lipinski definition) is 6. The first kappa shape index (κ1) is 16.7. The van der Waals surface area contributed by atoms with Crippen molar-refractivity contribution in [2.75, 3.05) is 11.1 Å². The Morgan fingerprint density at radius 1 is 1.41 bits per heavy atom. The molecule has 8 heteroatoms. The number of nitrogens with zero attached hydrogens (tertiary/aromatic N) is 2. The summed E-state index contributed by atoms with van der Waals surface area (Å²) in [5, 5.41) is 3.81. The van der Waals surface area contributed by atoms with Gasteiger partial charge in [0.2, 0.25) is 5.91 Å². The number of aromatic nitrogens is 3. The third-order valence-electron chi connectivity index (χ3n) is 2.95. The van der Waals surface area contributed by atoms with Gasteiger partial charge >= 0.3 is 0 Å². The molecule has 0 aliphatic carbocycles. The lowest BCUT2D eigenvalue weighted by molar-refractivity contribution is -0.113. The number of thioether (sulfide) groups is 1. The Balaban J connectivity index is 1.97. The van der Waals surface area contributed by atoms with E-state index >= 15 is 0 Å². The largest absolute Gasteiger partial charge is 0.301 e. The van der Waals surface area contributed by atoms with Gasteiger partial charge in [0.15, 0.2) is 10.3 Å². The van der Waals surface area contributed by atoms with Crippen molar-refractivity contribution in [2.24, 2.45) is 0 Å². The van der Waals surface area contributed by atoms with Gasteiger partial charge in [-0.3, -0.25) is 9.59 Å². The van der Waals surface area contributed by atoms with Crippen LogP contribution in [0.5, 0.6) is 0 Å². The maximum absolute atomic E-state index is 11.9. The molecule has 0 atom stereocenters. The molecule has 118 valence electrons. The van der Waals surface area contributed by atoms with Crippen LogP contribution in [0.3, 0.4) is 0 Å². The van der Waals surface area contributed by atoms with E-state index in [0.29, 0.717) is 10.3 Å². The Hall–Kier alpha value is -1.67. The molecule has 2 heterocycles. The maximum atomic E-state index is 11.9. The third-order valence-corrected chi connectivity index (χ3v) is 4.81. The average molecular weight is 338 g/mol. The number of rotatable bonds is 5. The van der Waals surface area contributed by atoms with Gasteiger partial charge in [-0.2, -0.15) is 0 Å². The van der Waals surface area contributed by atoms with Crippen molar-refractivity contribution in [2.45, 2.75) is 38.8 Å². The zero-order valence-electron chi connectivity index (χ0n) is 12.9. The number of thiazole rings is 1. The highest BCUT2D eigenvalue weighted by Gasteiger charge is 2.10. The molecule has 0 fully saturated rings. The molecule has 6 nitrogen and oxygen atoms in total. The van der Waals surface area contributed by atoms with E-state index in [1.165, 1.54) is 29.2 Å². The summed E-state index contributed by atoms with van der Waals surface area (Å²) in [7, 11) is 0. The lowest BCUT2D eigenvalue weighted by Gasteiger charge is -2.06. The summed E-state index contributed by atoms with van der Waals surface area (Å²) < 4.78 is 0. The molecule has 0 aliphatic heterocycles. The number of aromatic amines is 1. The highest BCUT2D eigenvalue weighted by molar-refractivity contribution is 7.99. The Bertz CT molecular complexity index is 717. The van der Waals surface area contributed by atoms with Crippen LogP contribution < -0.4 is 10.9 Å². The molecule has 2 rings (SSSR count). The van der Waals surface area contributed by atoms with Crippen LogP contribution in [0.25, 0.3) is 0 Å². The summed E-state index contributed by atoms with van der Waals surface area (Å²) >= 11 is 2.65. The van der Waals surface area contributed by atoms with Crippen molar-refractivity contribution in [1.82, 2.24) is 15.0 Å². The van der Waals surface area contributed by atoms with Crippen LogP contribution in [-0.2, 0) is 4.79 Å². The van der Waals surface area contributed by atoms with Gasteiger partial charge in [0.1, 0.15) is 0 Å². The first-order valence-electron chi connectivity index (χ1n) is 6.83. The van der Waals surface area contributed by atoms with Crippen LogP contribution in [0.4, 0.5) is 5.13 Å². The number of carbonyl (C=O) groups excluding carboxylic acids is 1. The predicted octanol–water partition coefficient (Wildman–Crippen LogP) is 2.70. The minimum absolute atomic E-state index is 0.164. The average Bonchev–Trinajstić information content (AvgIpc) is 2.74. The van der Waals surface area contributed by atoms with Crippen molar-refractivity contribution in [1.29, 1.82) is 0 Å². The zero-order valence-corrected chi connectivity index (χ0v) is 14.5. The topological polar surface area (TPSA) is 87.7 Å². The monoisotopic (exact) mass is 338 g/mol. The quantitative estimate of drug-likeness (QED) is 0.646. The van der Waals surface area contributed by atoms with Gasteiger partial charge in [0, 0.05) is 10.9 Å². The van der Waals surface area contributed by atoms with E-state index in [1.54, 1.807) is 0 Å². The van der Waals surface area contributed by atoms with Gasteiger partial charge in [0.25, 0.3) is 5.56 Å². The Morgan fingerprint density at radius 3 is 2.73 bits per heavy atom. The van der Waals surface area contributed by atoms with Crippen molar-refractivity contribution in [3.05, 3.63) is 32.7 Å². The zero-order chi connectivity index (χ0) is 16.3. The first-order valence-corrected chi connectivity index (χ1v) is 8.63. The van der Waals surface area contributed by atoms with E-state index < -0.39 is 0 Å². The molecule has 0 unspecified atom stereocenters. The molecular formula is C14H18N4O2S2. The molecule has 2 N–H and O–H groups in total. The summed E-state index contributed by atoms with van der Waals surface area (Å²) in [5.41, 5.74) is 1.44. The van der Waals surface area contributed by atoms with Crippen LogP contribution in [0.15, 0.2) is 16.0 Å². The van der Waals surface area contributed by atoms with Gasteiger partial charge in [-0.1, -0.05) is 25.6 Å². The summed E-state index contributed by atoms with van der Waals surface area (Å²) in [5.74, 6) is 0.162. The van der Waals surface area contributed by atoms with E-state index in [4.69, 9.17) is 0 Å². The van der Waals surface area contributed by atoms with Crippen LogP contribution in [0.2, 0.25) is 0 Å². The Kier molecular flexibility index (Phi) is 5.36. The predicted molar refractivity (Wildman–Crippen MR) is 89.9 cm³/mol. The van der Waals surface area contributed by atoms with Crippen molar-refractivity contribution >= 4 is 34.1 Å². The molecule has 0 radical (unpaired) electrons. The van der Waals surface area contributed by atoms with E-state index in [2.05, 4.69) is 20.3 Å². The molecule has 1 amide bonds. The number of aryl methyl sites for hydroxylation is 2. The number of anilines is 1. The highest BCUT2D eigenvalue weighted by atomic mass is 32.2. The number of amides is 1. The molecule has 0 spiro atoms. The van der Waals surface area contributed by atoms with Gasteiger partial charge in [-0.15, -0.1) is 11.3 Å². The van der Waals surface area contributed by atoms with E-state index in [-0.39, 0.29) is 23.1 Å². The summed E-state index contributed by atoms with van der Waals surface area (Å²) in [6.45, 7) is 7.80. The minimum Gasteiger partial charge on any atom is -0.301 e. The van der Waals surface area contributed by atoms with Crippen molar-refractivity contribution in [3.63, 3.8) is 0 Å². The van der Waals surface area contributed by atoms with Gasteiger partial charge in [-0.05, 0) is 19.8 Å². The molecule has 2 aromatic heterocycles. The number of H-pyrrole nitrogens is 1. The Morgan fingerprint density at radius 2 is 2.14 bits per heavy atom. The fraction of sp³-hybridized carbons (Fsp3) is 0.429. The second-order valence-corrected chi connectivity index (χ2v) is 7.29. The molecule has 0 aliphatic rings. The van der Waals surface area contributed by atoms with Gasteiger partial charge in [-0.25, -0.2) is 9.97 Å². The van der Waals surface area contributed by atoms with Crippen LogP contribution in [-0.4, -0.2) is 26.6 Å². The summed E-state index contributed by atoms with van der Waals surface area (Å²) in [6.07, 6.45) is 0. The van der Waals surface area contributed by atoms with Gasteiger partial charge in [0.05, 0.1) is 17.1 Å². The maximum Gasteiger partial charge on any atom is 0.251 e. The van der Waals surface area contributed by atoms with E-state index in [0.717, 1.165) is 16.3 Å². The molecular weight excluding hydrogens is 320 g/mol. The third kappa shape index (κ3) is 4.41. The van der Waals surface area contributed by atoms with Crippen LogP contribution in [0.1, 0.15) is 36.0 Å². The van der Waals surface area contributed by atoms with Crippen molar-refractivity contribution in [3.8, 4) is 0 Å². The molecule has 0 bridgehead atoms. The smallest absolute Gasteiger partial charge is 0.251 e. The van der Waals surface area contributed by atoms with Crippen LogP contribution >= 0.6 is 23.1 Å². The number of hydrogen-bond donors (Lipinski definition) is 2. The molecule has 0 aromatic carbocycles. The standard InChI is InChI=1S/C14H18N4O2S2/c1-7(2)10-5-11(19)17-13(16-10)21-6-12(20)18-14-15-8(3)9(4)22-14/h5,7H,6H2,1-4H3,(H,15,18,20)(H,16,17,19). The lowest BCUT2D eigenvalue weighted by Crippen LogP contribution is -2.16. The van der Waals surface area contributed by atoms with Gasteiger partial charge < -0.3 is 10.3 Å². The molecule has 22 heavy (non-hydrogen) atoms. The highest BCUT2D eigenvalue weighted by Crippen LogP contribution is 2.22. The SMILES string of the molecule is Cc1nc(NC(=O)CSc2nc(C(C)C)cc(=O)[nH]2)sc1C. The van der Waals surface area contributed by atoms with E-state index in [9.17, 15) is 9.59 Å². The second kappa shape index (κ2) is 7.06. The minimum atomic E-state index is -0.201. The fourth-order valence-electron chi connectivity index (χ4n) is 1.63. The fourth-order valence-corrected chi connectivity index (χ4v) is 3.15. The molecule has 0 saturated heterocycles. The summed E-state index contributed by atoms with van der Waals surface area (Å²) in [6, 6.07) is 1.48. The van der Waals surface area contributed by atoms with E-state index in [1.807, 2.05) is 27.7 Å². The van der Waals surface area contributed by atoms with Crippen LogP contribution in [0, 0.1) is 13.8 Å². The first-order chi connectivity index (χ1) is 10.3. The number of carbonyl (C=O) groups is 1. The van der Waals surface area contributed by atoms with Crippen molar-refractivity contribution < 1.29 is 4.79 Å². The Labute approximate surface area is 136 Å². The second-order valence-electron chi connectivity index (χ2n) is 5.13. The molecule has 2 aromatic rings. The molecule has 0 saturated carbocycles. The normalized spacial score (nSPS) is 11.0.